The zero-order valence-electron chi connectivity index (χ0n) is 11.9. The molecular weight excluding hydrogens is 380 g/mol. The van der Waals surface area contributed by atoms with Crippen LogP contribution in [-0.4, -0.2) is 10.9 Å². The summed E-state index contributed by atoms with van der Waals surface area (Å²) in [7, 11) is 0. The standard InChI is InChI=1S/C17H12BrClN2O2/c18-15-9-8-14(23-15)11-21(16-3-1-2-10-20-16)17(22)12-4-6-13(19)7-5-12/h1-10H,11H2. The molecule has 3 aromatic rings. The number of hydrogen-bond donors (Lipinski definition) is 0. The van der Waals surface area contributed by atoms with Crippen LogP contribution in [-0.2, 0) is 6.54 Å². The maximum atomic E-state index is 12.9. The molecule has 0 saturated carbocycles. The molecule has 0 bridgehead atoms. The summed E-state index contributed by atoms with van der Waals surface area (Å²) < 4.78 is 6.13. The molecule has 23 heavy (non-hydrogen) atoms. The number of rotatable bonds is 4. The number of benzene rings is 1. The van der Waals surface area contributed by atoms with Gasteiger partial charge in [-0.3, -0.25) is 9.69 Å². The Hall–Kier alpha value is -2.11. The van der Waals surface area contributed by atoms with Crippen LogP contribution in [0.2, 0.25) is 5.02 Å². The lowest BCUT2D eigenvalue weighted by Gasteiger charge is -2.20. The van der Waals surface area contributed by atoms with Crippen LogP contribution in [0, 0.1) is 0 Å². The van der Waals surface area contributed by atoms with Crippen molar-refractivity contribution in [1.82, 2.24) is 4.98 Å². The molecule has 0 fully saturated rings. The van der Waals surface area contributed by atoms with Crippen LogP contribution >= 0.6 is 27.5 Å². The Kier molecular flexibility index (Phi) is 4.79. The Bertz CT molecular complexity index is 803. The van der Waals surface area contributed by atoms with Crippen LogP contribution in [0.5, 0.6) is 0 Å². The predicted octanol–water partition coefficient (Wildman–Crippen LogP) is 4.94. The number of nitrogens with zero attached hydrogens (tertiary/aromatic N) is 2. The number of anilines is 1. The molecule has 0 spiro atoms. The van der Waals surface area contributed by atoms with E-state index in [-0.39, 0.29) is 12.5 Å². The molecule has 0 radical (unpaired) electrons. The molecule has 1 aromatic carbocycles. The van der Waals surface area contributed by atoms with Crippen molar-refractivity contribution in [2.24, 2.45) is 0 Å². The summed E-state index contributed by atoms with van der Waals surface area (Å²) in [6, 6.07) is 15.8. The van der Waals surface area contributed by atoms with Gasteiger partial charge in [0.15, 0.2) is 4.67 Å². The first kappa shape index (κ1) is 15.8. The summed E-state index contributed by atoms with van der Waals surface area (Å²) in [4.78, 5) is 18.7. The van der Waals surface area contributed by atoms with E-state index in [0.717, 1.165) is 0 Å². The van der Waals surface area contributed by atoms with Gasteiger partial charge in [-0.15, -0.1) is 0 Å². The van der Waals surface area contributed by atoms with Gasteiger partial charge in [0.1, 0.15) is 11.6 Å². The van der Waals surface area contributed by atoms with Crippen molar-refractivity contribution in [2.75, 3.05) is 4.90 Å². The van der Waals surface area contributed by atoms with Crippen LogP contribution in [0.3, 0.4) is 0 Å². The highest BCUT2D eigenvalue weighted by Crippen LogP contribution is 2.21. The normalized spacial score (nSPS) is 10.5. The molecule has 2 heterocycles. The number of halogens is 2. The first-order valence-electron chi connectivity index (χ1n) is 6.86. The smallest absolute Gasteiger partial charge is 0.259 e. The monoisotopic (exact) mass is 390 g/mol. The molecular formula is C17H12BrClN2O2. The molecule has 0 atom stereocenters. The fraction of sp³-hybridized carbons (Fsp3) is 0.0588. The quantitative estimate of drug-likeness (QED) is 0.633. The van der Waals surface area contributed by atoms with Gasteiger partial charge in [0.25, 0.3) is 5.91 Å². The first-order valence-corrected chi connectivity index (χ1v) is 8.03. The van der Waals surface area contributed by atoms with E-state index in [1.165, 1.54) is 0 Å². The lowest BCUT2D eigenvalue weighted by atomic mass is 10.2. The van der Waals surface area contributed by atoms with Crippen LogP contribution in [0.25, 0.3) is 0 Å². The molecule has 3 rings (SSSR count). The Morgan fingerprint density at radius 2 is 1.91 bits per heavy atom. The van der Waals surface area contributed by atoms with Gasteiger partial charge in [0.2, 0.25) is 0 Å². The van der Waals surface area contributed by atoms with Crippen molar-refractivity contribution < 1.29 is 9.21 Å². The maximum absolute atomic E-state index is 12.9. The highest BCUT2D eigenvalue weighted by molar-refractivity contribution is 9.10. The highest BCUT2D eigenvalue weighted by atomic mass is 79.9. The SMILES string of the molecule is O=C(c1ccc(Cl)cc1)N(Cc1ccc(Br)o1)c1ccccn1. The van der Waals surface area contributed by atoms with E-state index in [2.05, 4.69) is 20.9 Å². The van der Waals surface area contributed by atoms with Crippen molar-refractivity contribution in [3.8, 4) is 0 Å². The highest BCUT2D eigenvalue weighted by Gasteiger charge is 2.20. The Morgan fingerprint density at radius 3 is 2.52 bits per heavy atom. The third-order valence-corrected chi connectivity index (χ3v) is 3.88. The van der Waals surface area contributed by atoms with Gasteiger partial charge in [-0.05, 0) is 64.5 Å². The molecule has 116 valence electrons. The van der Waals surface area contributed by atoms with Gasteiger partial charge in [-0.1, -0.05) is 17.7 Å². The maximum Gasteiger partial charge on any atom is 0.259 e. The van der Waals surface area contributed by atoms with E-state index in [1.54, 1.807) is 53.6 Å². The average Bonchev–Trinajstić information content (AvgIpc) is 2.99. The molecule has 6 heteroatoms. The minimum atomic E-state index is -0.173. The van der Waals surface area contributed by atoms with Gasteiger partial charge in [-0.2, -0.15) is 0 Å². The van der Waals surface area contributed by atoms with Crippen LogP contribution in [0.4, 0.5) is 5.82 Å². The minimum Gasteiger partial charge on any atom is -0.452 e. The van der Waals surface area contributed by atoms with Gasteiger partial charge in [-0.25, -0.2) is 4.98 Å². The third-order valence-electron chi connectivity index (χ3n) is 3.20. The van der Waals surface area contributed by atoms with E-state index in [9.17, 15) is 4.79 Å². The largest absolute Gasteiger partial charge is 0.452 e. The molecule has 4 nitrogen and oxygen atoms in total. The van der Waals surface area contributed by atoms with Crippen molar-refractivity contribution in [2.45, 2.75) is 6.54 Å². The first-order chi connectivity index (χ1) is 11.1. The van der Waals surface area contributed by atoms with Crippen molar-refractivity contribution >= 4 is 39.3 Å². The molecule has 1 amide bonds. The summed E-state index contributed by atoms with van der Waals surface area (Å²) in [5.74, 6) is 1.04. The summed E-state index contributed by atoms with van der Waals surface area (Å²) >= 11 is 9.16. The van der Waals surface area contributed by atoms with Gasteiger partial charge in [0, 0.05) is 16.8 Å². The van der Waals surface area contributed by atoms with E-state index >= 15 is 0 Å². The van der Waals surface area contributed by atoms with Crippen molar-refractivity contribution in [1.29, 1.82) is 0 Å². The van der Waals surface area contributed by atoms with E-state index in [4.69, 9.17) is 16.0 Å². The number of hydrogen-bond acceptors (Lipinski definition) is 3. The number of aromatic nitrogens is 1. The molecule has 2 aromatic heterocycles. The van der Waals surface area contributed by atoms with Gasteiger partial charge >= 0.3 is 0 Å². The summed E-state index contributed by atoms with van der Waals surface area (Å²) in [6.07, 6.45) is 1.65. The second-order valence-electron chi connectivity index (χ2n) is 4.79. The number of carbonyl (C=O) groups is 1. The van der Waals surface area contributed by atoms with Crippen molar-refractivity contribution in [3.05, 3.63) is 81.8 Å². The predicted molar refractivity (Wildman–Crippen MR) is 92.6 cm³/mol. The molecule has 0 aliphatic rings. The summed E-state index contributed by atoms with van der Waals surface area (Å²) in [5.41, 5.74) is 0.533. The number of carbonyl (C=O) groups excluding carboxylic acids is 1. The average molecular weight is 392 g/mol. The van der Waals surface area contributed by atoms with Crippen LogP contribution < -0.4 is 4.90 Å². The third kappa shape index (κ3) is 3.81. The van der Waals surface area contributed by atoms with E-state index < -0.39 is 0 Å². The number of amides is 1. The van der Waals surface area contributed by atoms with Crippen LogP contribution in [0.15, 0.2) is 69.9 Å². The number of furan rings is 1. The molecule has 0 N–H and O–H groups in total. The lowest BCUT2D eigenvalue weighted by Crippen LogP contribution is -2.30. The van der Waals surface area contributed by atoms with Gasteiger partial charge < -0.3 is 4.42 Å². The zero-order valence-corrected chi connectivity index (χ0v) is 14.3. The summed E-state index contributed by atoms with van der Waals surface area (Å²) in [6.45, 7) is 0.282. The zero-order chi connectivity index (χ0) is 16.2. The fourth-order valence-corrected chi connectivity index (χ4v) is 2.58. The second-order valence-corrected chi connectivity index (χ2v) is 6.01. The molecule has 0 unspecified atom stereocenters. The van der Waals surface area contributed by atoms with Gasteiger partial charge in [0.05, 0.1) is 6.54 Å². The Morgan fingerprint density at radius 1 is 1.13 bits per heavy atom. The molecule has 0 aliphatic heterocycles. The Balaban J connectivity index is 1.94. The Labute approximate surface area is 146 Å². The molecule has 0 saturated heterocycles. The minimum absolute atomic E-state index is 0.173. The lowest BCUT2D eigenvalue weighted by molar-refractivity contribution is 0.0982. The van der Waals surface area contributed by atoms with E-state index in [1.807, 2.05) is 12.1 Å². The van der Waals surface area contributed by atoms with Crippen molar-refractivity contribution in [3.63, 3.8) is 0 Å². The molecule has 0 aliphatic carbocycles. The fourth-order valence-electron chi connectivity index (χ4n) is 2.11. The number of pyridine rings is 1. The topological polar surface area (TPSA) is 46.3 Å². The second kappa shape index (κ2) is 6.98. The van der Waals surface area contributed by atoms with Crippen LogP contribution in [0.1, 0.15) is 16.1 Å². The van der Waals surface area contributed by atoms with E-state index in [0.29, 0.717) is 26.8 Å². The summed E-state index contributed by atoms with van der Waals surface area (Å²) in [5, 5.41) is 0.584.